The molecule has 2 heterocycles. The summed E-state index contributed by atoms with van der Waals surface area (Å²) in [6.07, 6.45) is 3.05. The van der Waals surface area contributed by atoms with Gasteiger partial charge in [-0.05, 0) is 48.8 Å². The van der Waals surface area contributed by atoms with Gasteiger partial charge in [0, 0.05) is 42.9 Å². The summed E-state index contributed by atoms with van der Waals surface area (Å²) in [6, 6.07) is 7.18. The van der Waals surface area contributed by atoms with Crippen LogP contribution in [0.4, 0.5) is 5.69 Å². The van der Waals surface area contributed by atoms with Gasteiger partial charge in [0.15, 0.2) is 5.78 Å². The number of hydrogen-bond donors (Lipinski definition) is 2. The average molecular weight is 474 g/mol. The van der Waals surface area contributed by atoms with Crippen LogP contribution in [0.1, 0.15) is 66.0 Å². The number of nitrogens with zero attached hydrogens (tertiary/aromatic N) is 2. The lowest BCUT2D eigenvalue weighted by Crippen LogP contribution is -2.33. The molecule has 0 spiro atoms. The van der Waals surface area contributed by atoms with Gasteiger partial charge in [-0.3, -0.25) is 14.3 Å². The number of hydrogen-bond acceptors (Lipinski definition) is 4. The molecule has 2 aliphatic rings. The number of para-hydroxylation sites is 1. The number of benzene rings is 1. The van der Waals surface area contributed by atoms with E-state index >= 15 is 0 Å². The number of carboxylic acids is 1. The number of fused-ring (bicyclic) bond motifs is 1. The van der Waals surface area contributed by atoms with Gasteiger partial charge < -0.3 is 9.67 Å². The Morgan fingerprint density at radius 2 is 1.82 bits per heavy atom. The van der Waals surface area contributed by atoms with Crippen molar-refractivity contribution in [3.8, 4) is 0 Å². The first-order chi connectivity index (χ1) is 15.5. The molecule has 178 valence electrons. The number of Topliss-reactive ketones (excluding diaryl/α,β-unsaturated/α-hetero) is 1. The smallest absolute Gasteiger partial charge is 0.323 e. The van der Waals surface area contributed by atoms with E-state index in [1.54, 1.807) is 16.7 Å². The number of carbonyl (C=O) groups excluding carboxylic acids is 1. The van der Waals surface area contributed by atoms with E-state index in [0.29, 0.717) is 43.6 Å². The Kier molecular flexibility index (Phi) is 6.13. The van der Waals surface area contributed by atoms with Gasteiger partial charge in [0.05, 0.1) is 5.69 Å². The predicted molar refractivity (Wildman–Crippen MR) is 126 cm³/mol. The van der Waals surface area contributed by atoms with Crippen LogP contribution in [0.5, 0.6) is 0 Å². The van der Waals surface area contributed by atoms with Crippen molar-refractivity contribution in [2.75, 3.05) is 17.8 Å². The lowest BCUT2D eigenvalue weighted by atomic mass is 9.75. The Balaban J connectivity index is 1.74. The third-order valence-corrected chi connectivity index (χ3v) is 8.17. The van der Waals surface area contributed by atoms with Crippen LogP contribution in [-0.4, -0.2) is 47.2 Å². The molecule has 0 unspecified atom stereocenters. The number of aromatic nitrogens is 1. The second-order valence-electron chi connectivity index (χ2n) is 9.85. The van der Waals surface area contributed by atoms with Gasteiger partial charge in [0.1, 0.15) is 6.54 Å². The minimum absolute atomic E-state index is 0.0126. The van der Waals surface area contributed by atoms with Crippen molar-refractivity contribution in [1.82, 2.24) is 8.87 Å². The molecule has 9 heteroatoms. The Labute approximate surface area is 194 Å². The van der Waals surface area contributed by atoms with Crippen LogP contribution in [0, 0.1) is 12.3 Å². The van der Waals surface area contributed by atoms with Crippen molar-refractivity contribution >= 4 is 27.6 Å². The molecule has 1 fully saturated rings. The number of rotatable bonds is 7. The second kappa shape index (κ2) is 8.61. The Morgan fingerprint density at radius 3 is 2.48 bits per heavy atom. The maximum Gasteiger partial charge on any atom is 0.323 e. The summed E-state index contributed by atoms with van der Waals surface area (Å²) in [5.74, 6) is -0.948. The number of nitrogens with one attached hydrogen (secondary N) is 1. The highest BCUT2D eigenvalue weighted by Gasteiger charge is 2.37. The van der Waals surface area contributed by atoms with Crippen molar-refractivity contribution in [2.45, 2.75) is 59.4 Å². The SMILES string of the molecule is Cc1c(Cc2ccccc2NS(=O)(=O)N2CCCC2)c2c(n1CC(=O)O)CC(C)(C)CC2=O. The molecule has 0 saturated carbocycles. The van der Waals surface area contributed by atoms with Gasteiger partial charge in [0.25, 0.3) is 0 Å². The van der Waals surface area contributed by atoms with Crippen molar-refractivity contribution in [3.63, 3.8) is 0 Å². The first-order valence-electron chi connectivity index (χ1n) is 11.3. The van der Waals surface area contributed by atoms with Crippen LogP contribution in [0.2, 0.25) is 0 Å². The molecule has 33 heavy (non-hydrogen) atoms. The number of anilines is 1. The molecule has 0 amide bonds. The predicted octanol–water partition coefficient (Wildman–Crippen LogP) is 3.38. The lowest BCUT2D eigenvalue weighted by Gasteiger charge is -2.30. The zero-order valence-electron chi connectivity index (χ0n) is 19.3. The molecule has 0 atom stereocenters. The molecule has 0 radical (unpaired) electrons. The third kappa shape index (κ3) is 4.70. The number of carboxylic acid groups (broad SMARTS) is 1. The fourth-order valence-electron chi connectivity index (χ4n) is 5.07. The van der Waals surface area contributed by atoms with E-state index in [0.717, 1.165) is 35.4 Å². The van der Waals surface area contributed by atoms with Crippen LogP contribution in [-0.2, 0) is 34.4 Å². The Bertz CT molecular complexity index is 1210. The first kappa shape index (κ1) is 23.5. The quantitative estimate of drug-likeness (QED) is 0.641. The van der Waals surface area contributed by atoms with Crippen LogP contribution < -0.4 is 4.72 Å². The van der Waals surface area contributed by atoms with E-state index in [2.05, 4.69) is 4.72 Å². The standard InChI is InChI=1S/C24H31N3O5S/c1-16-18(23-20(27(16)15-22(29)30)13-24(2,3)14-21(23)28)12-17-8-4-5-9-19(17)25-33(31,32)26-10-6-7-11-26/h4-5,8-9,25H,6-7,10-15H2,1-3H3,(H,29,30). The number of carbonyl (C=O) groups is 2. The third-order valence-electron chi connectivity index (χ3n) is 6.64. The Hall–Kier alpha value is -2.65. The maximum absolute atomic E-state index is 13.2. The van der Waals surface area contributed by atoms with Crippen molar-refractivity contribution in [1.29, 1.82) is 0 Å². The molecule has 1 aliphatic heterocycles. The highest BCUT2D eigenvalue weighted by Crippen LogP contribution is 2.40. The van der Waals surface area contributed by atoms with Crippen LogP contribution in [0.25, 0.3) is 0 Å². The van der Waals surface area contributed by atoms with Crippen molar-refractivity contribution in [2.24, 2.45) is 5.41 Å². The molecular weight excluding hydrogens is 442 g/mol. The first-order valence-corrected chi connectivity index (χ1v) is 12.7. The summed E-state index contributed by atoms with van der Waals surface area (Å²) in [5, 5.41) is 9.48. The number of aliphatic carboxylic acids is 1. The molecule has 1 aromatic heterocycles. The molecular formula is C24H31N3O5S. The molecule has 2 N–H and O–H groups in total. The lowest BCUT2D eigenvalue weighted by molar-refractivity contribution is -0.137. The minimum Gasteiger partial charge on any atom is -0.480 e. The average Bonchev–Trinajstić information content (AvgIpc) is 3.33. The Morgan fingerprint density at radius 1 is 1.15 bits per heavy atom. The van der Waals surface area contributed by atoms with Gasteiger partial charge >= 0.3 is 16.2 Å². The van der Waals surface area contributed by atoms with E-state index in [4.69, 9.17) is 0 Å². The fraction of sp³-hybridized carbons (Fsp3) is 0.500. The molecule has 4 rings (SSSR count). The van der Waals surface area contributed by atoms with Crippen molar-refractivity contribution < 1.29 is 23.1 Å². The van der Waals surface area contributed by atoms with Crippen LogP contribution >= 0.6 is 0 Å². The largest absolute Gasteiger partial charge is 0.480 e. The highest BCUT2D eigenvalue weighted by atomic mass is 32.2. The summed E-state index contributed by atoms with van der Waals surface area (Å²) >= 11 is 0. The summed E-state index contributed by atoms with van der Waals surface area (Å²) in [5.41, 5.74) is 3.87. The topological polar surface area (TPSA) is 109 Å². The molecule has 0 bridgehead atoms. The van der Waals surface area contributed by atoms with Crippen LogP contribution in [0.15, 0.2) is 24.3 Å². The van der Waals surface area contributed by atoms with Gasteiger partial charge in [-0.25, -0.2) is 0 Å². The van der Waals surface area contributed by atoms with E-state index in [9.17, 15) is 23.1 Å². The maximum atomic E-state index is 13.2. The van der Waals surface area contributed by atoms with Gasteiger partial charge in [-0.2, -0.15) is 12.7 Å². The van der Waals surface area contributed by atoms with E-state index in [-0.39, 0.29) is 17.7 Å². The zero-order valence-corrected chi connectivity index (χ0v) is 20.2. The molecule has 1 saturated heterocycles. The van der Waals surface area contributed by atoms with Crippen molar-refractivity contribution in [3.05, 3.63) is 52.3 Å². The normalized spacial score (nSPS) is 18.3. The van der Waals surface area contributed by atoms with Gasteiger partial charge in [0.2, 0.25) is 0 Å². The summed E-state index contributed by atoms with van der Waals surface area (Å²) in [7, 11) is -3.66. The highest BCUT2D eigenvalue weighted by molar-refractivity contribution is 7.90. The number of ketones is 1. The van der Waals surface area contributed by atoms with E-state index in [1.807, 2.05) is 32.9 Å². The van der Waals surface area contributed by atoms with E-state index < -0.39 is 16.2 Å². The molecule has 1 aliphatic carbocycles. The zero-order chi connectivity index (χ0) is 24.0. The summed E-state index contributed by atoms with van der Waals surface area (Å²) in [4.78, 5) is 24.7. The van der Waals surface area contributed by atoms with Crippen LogP contribution in [0.3, 0.4) is 0 Å². The summed E-state index contributed by atoms with van der Waals surface area (Å²) in [6.45, 7) is 6.68. The van der Waals surface area contributed by atoms with E-state index in [1.165, 1.54) is 4.31 Å². The van der Waals surface area contributed by atoms with Gasteiger partial charge in [-0.1, -0.05) is 32.0 Å². The fourth-order valence-corrected chi connectivity index (χ4v) is 6.41. The molecule has 8 nitrogen and oxygen atoms in total. The molecule has 2 aromatic rings. The summed E-state index contributed by atoms with van der Waals surface area (Å²) < 4.78 is 31.6. The minimum atomic E-state index is -3.66. The van der Waals surface area contributed by atoms with Gasteiger partial charge in [-0.15, -0.1) is 0 Å². The molecule has 1 aromatic carbocycles. The second-order valence-corrected chi connectivity index (χ2v) is 11.5. The monoisotopic (exact) mass is 473 g/mol.